The van der Waals surface area contributed by atoms with E-state index in [4.69, 9.17) is 4.52 Å². The first-order valence-electron chi connectivity index (χ1n) is 7.16. The van der Waals surface area contributed by atoms with Crippen LogP contribution >= 0.6 is 0 Å². The second kappa shape index (κ2) is 7.69. The van der Waals surface area contributed by atoms with Crippen molar-refractivity contribution in [2.75, 3.05) is 6.54 Å². The molecule has 2 heterocycles. The summed E-state index contributed by atoms with van der Waals surface area (Å²) in [6.07, 6.45) is 7.42. The molecule has 0 aromatic carbocycles. The zero-order chi connectivity index (χ0) is 14.2. The predicted molar refractivity (Wildman–Crippen MR) is 76.0 cm³/mol. The Balaban J connectivity index is 2.00. The lowest BCUT2D eigenvalue weighted by Gasteiger charge is -2.15. The zero-order valence-corrected chi connectivity index (χ0v) is 12.0. The second-order valence-electron chi connectivity index (χ2n) is 4.73. The first kappa shape index (κ1) is 14.6. The molecule has 1 N–H and O–H groups in total. The lowest BCUT2D eigenvalue weighted by Crippen LogP contribution is -2.31. The van der Waals surface area contributed by atoms with Crippen molar-refractivity contribution in [1.82, 2.24) is 25.4 Å². The molecule has 0 saturated carbocycles. The van der Waals surface area contributed by atoms with Gasteiger partial charge >= 0.3 is 0 Å². The van der Waals surface area contributed by atoms with E-state index in [1.807, 2.05) is 0 Å². The summed E-state index contributed by atoms with van der Waals surface area (Å²) in [6, 6.07) is 2.14. The van der Waals surface area contributed by atoms with E-state index in [2.05, 4.69) is 39.3 Å². The van der Waals surface area contributed by atoms with Crippen LogP contribution in [0.4, 0.5) is 0 Å². The van der Waals surface area contributed by atoms with Gasteiger partial charge in [-0.25, -0.2) is 9.97 Å². The molecule has 0 aliphatic rings. The van der Waals surface area contributed by atoms with Crippen LogP contribution in [-0.4, -0.2) is 32.7 Å². The van der Waals surface area contributed by atoms with Crippen molar-refractivity contribution in [2.45, 2.75) is 45.6 Å². The molecule has 0 spiro atoms. The first-order chi connectivity index (χ1) is 9.83. The highest BCUT2D eigenvalue weighted by atomic mass is 16.5. The number of aromatic nitrogens is 4. The van der Waals surface area contributed by atoms with Gasteiger partial charge in [0.1, 0.15) is 0 Å². The lowest BCUT2D eigenvalue weighted by atomic mass is 10.1. The molecule has 2 aromatic rings. The van der Waals surface area contributed by atoms with E-state index in [-0.39, 0.29) is 0 Å². The van der Waals surface area contributed by atoms with Gasteiger partial charge in [0.2, 0.25) is 17.5 Å². The van der Waals surface area contributed by atoms with Gasteiger partial charge in [0.05, 0.1) is 0 Å². The van der Waals surface area contributed by atoms with Crippen LogP contribution in [0.5, 0.6) is 0 Å². The fraction of sp³-hybridized carbons (Fsp3) is 0.571. The summed E-state index contributed by atoms with van der Waals surface area (Å²) in [6.45, 7) is 5.35. The maximum Gasteiger partial charge on any atom is 0.240 e. The molecule has 0 saturated heterocycles. The molecule has 108 valence electrons. The minimum absolute atomic E-state index is 0.380. The molecule has 20 heavy (non-hydrogen) atoms. The summed E-state index contributed by atoms with van der Waals surface area (Å²) in [5.41, 5.74) is 0. The van der Waals surface area contributed by atoms with E-state index in [0.717, 1.165) is 32.2 Å². The van der Waals surface area contributed by atoms with Gasteiger partial charge < -0.3 is 9.84 Å². The Bertz CT molecular complexity index is 499. The van der Waals surface area contributed by atoms with Crippen LogP contribution in [0.1, 0.15) is 39.0 Å². The third-order valence-corrected chi connectivity index (χ3v) is 2.98. The summed E-state index contributed by atoms with van der Waals surface area (Å²) < 4.78 is 5.29. The van der Waals surface area contributed by atoms with Crippen LogP contribution in [0.2, 0.25) is 0 Å². The van der Waals surface area contributed by atoms with Gasteiger partial charge in [-0.15, -0.1) is 0 Å². The van der Waals surface area contributed by atoms with Crippen LogP contribution in [0.15, 0.2) is 23.0 Å². The monoisotopic (exact) mass is 275 g/mol. The molecule has 1 unspecified atom stereocenters. The second-order valence-corrected chi connectivity index (χ2v) is 4.73. The number of rotatable bonds is 8. The fourth-order valence-electron chi connectivity index (χ4n) is 2.03. The molecule has 6 nitrogen and oxygen atoms in total. The van der Waals surface area contributed by atoms with E-state index >= 15 is 0 Å². The van der Waals surface area contributed by atoms with Crippen molar-refractivity contribution < 1.29 is 4.52 Å². The SMILES string of the molecule is CCCNC(CCC)Cc1nc(-c2ncccn2)no1. The normalized spacial score (nSPS) is 12.5. The maximum atomic E-state index is 5.29. The molecular weight excluding hydrogens is 254 g/mol. The van der Waals surface area contributed by atoms with E-state index in [9.17, 15) is 0 Å². The summed E-state index contributed by atoms with van der Waals surface area (Å²) in [5.74, 6) is 1.58. The molecule has 0 amide bonds. The van der Waals surface area contributed by atoms with Crippen molar-refractivity contribution in [3.63, 3.8) is 0 Å². The number of hydrogen-bond acceptors (Lipinski definition) is 6. The Morgan fingerprint density at radius 2 is 1.95 bits per heavy atom. The predicted octanol–water partition coefficient (Wildman–Crippen LogP) is 2.24. The molecule has 0 bridgehead atoms. The van der Waals surface area contributed by atoms with Crippen LogP contribution in [-0.2, 0) is 6.42 Å². The topological polar surface area (TPSA) is 76.7 Å². The summed E-state index contributed by atoms with van der Waals surface area (Å²) in [4.78, 5) is 12.6. The minimum atomic E-state index is 0.380. The smallest absolute Gasteiger partial charge is 0.240 e. The number of hydrogen-bond donors (Lipinski definition) is 1. The lowest BCUT2D eigenvalue weighted by molar-refractivity contribution is 0.350. The van der Waals surface area contributed by atoms with Gasteiger partial charge in [0.15, 0.2) is 0 Å². The van der Waals surface area contributed by atoms with Crippen molar-refractivity contribution in [2.24, 2.45) is 0 Å². The average molecular weight is 275 g/mol. The highest BCUT2D eigenvalue weighted by Crippen LogP contribution is 2.12. The van der Waals surface area contributed by atoms with Crippen molar-refractivity contribution in [3.05, 3.63) is 24.4 Å². The molecule has 2 aromatic heterocycles. The maximum absolute atomic E-state index is 5.29. The van der Waals surface area contributed by atoms with Gasteiger partial charge in [0, 0.05) is 24.9 Å². The van der Waals surface area contributed by atoms with Crippen molar-refractivity contribution in [3.8, 4) is 11.6 Å². The fourth-order valence-corrected chi connectivity index (χ4v) is 2.03. The third kappa shape index (κ3) is 4.09. The Morgan fingerprint density at radius 3 is 2.65 bits per heavy atom. The van der Waals surface area contributed by atoms with Gasteiger partial charge in [-0.3, -0.25) is 0 Å². The van der Waals surface area contributed by atoms with E-state index in [0.29, 0.717) is 23.6 Å². The van der Waals surface area contributed by atoms with Gasteiger partial charge in [-0.05, 0) is 25.5 Å². The Kier molecular flexibility index (Phi) is 5.61. The number of nitrogens with zero attached hydrogens (tertiary/aromatic N) is 4. The minimum Gasteiger partial charge on any atom is -0.339 e. The van der Waals surface area contributed by atoms with Crippen LogP contribution in [0.25, 0.3) is 11.6 Å². The van der Waals surface area contributed by atoms with E-state index in [1.165, 1.54) is 0 Å². The highest BCUT2D eigenvalue weighted by Gasteiger charge is 2.15. The highest BCUT2D eigenvalue weighted by molar-refractivity contribution is 5.40. The molecule has 2 rings (SSSR count). The standard InChI is InChI=1S/C14H21N5O/c1-3-6-11(15-7-4-2)10-12-18-14(19-20-12)13-16-8-5-9-17-13/h5,8-9,11,15H,3-4,6-7,10H2,1-2H3. The molecule has 0 aliphatic heterocycles. The Labute approximate surface area is 119 Å². The van der Waals surface area contributed by atoms with Crippen LogP contribution in [0, 0.1) is 0 Å². The Hall–Kier alpha value is -1.82. The third-order valence-electron chi connectivity index (χ3n) is 2.98. The largest absolute Gasteiger partial charge is 0.339 e. The molecule has 0 aliphatic carbocycles. The summed E-state index contributed by atoms with van der Waals surface area (Å²) >= 11 is 0. The molecule has 6 heteroatoms. The van der Waals surface area contributed by atoms with Crippen LogP contribution < -0.4 is 5.32 Å². The quantitative estimate of drug-likeness (QED) is 0.796. The van der Waals surface area contributed by atoms with E-state index < -0.39 is 0 Å². The first-order valence-corrected chi connectivity index (χ1v) is 7.16. The van der Waals surface area contributed by atoms with Gasteiger partial charge in [-0.2, -0.15) is 4.98 Å². The molecule has 1 atom stereocenters. The molecule has 0 fully saturated rings. The Morgan fingerprint density at radius 1 is 1.15 bits per heavy atom. The van der Waals surface area contributed by atoms with Crippen LogP contribution in [0.3, 0.4) is 0 Å². The summed E-state index contributed by atoms with van der Waals surface area (Å²) in [7, 11) is 0. The summed E-state index contributed by atoms with van der Waals surface area (Å²) in [5, 5.41) is 7.45. The molecular formula is C14H21N5O. The van der Waals surface area contributed by atoms with Gasteiger partial charge in [0.25, 0.3) is 0 Å². The average Bonchev–Trinajstić information content (AvgIpc) is 2.94. The van der Waals surface area contributed by atoms with Crippen molar-refractivity contribution in [1.29, 1.82) is 0 Å². The van der Waals surface area contributed by atoms with Crippen molar-refractivity contribution >= 4 is 0 Å². The van der Waals surface area contributed by atoms with Gasteiger partial charge in [-0.1, -0.05) is 25.4 Å². The number of nitrogens with one attached hydrogen (secondary N) is 1. The van der Waals surface area contributed by atoms with E-state index in [1.54, 1.807) is 18.5 Å². The zero-order valence-electron chi connectivity index (χ0n) is 12.0. The molecule has 0 radical (unpaired) electrons.